The summed E-state index contributed by atoms with van der Waals surface area (Å²) in [6, 6.07) is 6.64. The van der Waals surface area contributed by atoms with E-state index in [4.69, 9.17) is 0 Å². The molecular weight excluding hydrogens is 242 g/mol. The Morgan fingerprint density at radius 3 is 2.61 bits per heavy atom. The lowest BCUT2D eigenvalue weighted by Gasteiger charge is -2.36. The maximum atomic E-state index is 9.24. The second kappa shape index (κ2) is 6.21. The number of thioether (sulfide) groups is 1. The summed E-state index contributed by atoms with van der Waals surface area (Å²) >= 11 is 1.71. The highest BCUT2D eigenvalue weighted by molar-refractivity contribution is 8.00. The molecule has 96 valence electrons. The Balaban J connectivity index is 1.79. The molecule has 3 nitrogen and oxygen atoms in total. The van der Waals surface area contributed by atoms with E-state index in [9.17, 15) is 5.26 Å². The van der Waals surface area contributed by atoms with Crippen LogP contribution in [0.15, 0.2) is 24.5 Å². The van der Waals surface area contributed by atoms with Crippen LogP contribution in [0.2, 0.25) is 0 Å². The Morgan fingerprint density at radius 1 is 1.39 bits per heavy atom. The van der Waals surface area contributed by atoms with Gasteiger partial charge in [-0.25, -0.2) is 0 Å². The lowest BCUT2D eigenvalue weighted by Crippen LogP contribution is -2.42. The van der Waals surface area contributed by atoms with Crippen molar-refractivity contribution in [2.24, 2.45) is 0 Å². The van der Waals surface area contributed by atoms with Crippen LogP contribution >= 0.6 is 11.8 Å². The van der Waals surface area contributed by atoms with Crippen molar-refractivity contribution in [1.82, 2.24) is 9.88 Å². The molecule has 0 unspecified atom stereocenters. The molecule has 2 heterocycles. The predicted molar refractivity (Wildman–Crippen MR) is 75.5 cm³/mol. The number of piperidine rings is 1. The normalized spacial score (nSPS) is 19.3. The standard InChI is InChI=1S/C14H19N3S/c1-18-14(12-15)5-10-17(11-6-14)9-4-13-2-7-16-8-3-13/h2-3,7-8H,4-6,9-11H2,1H3. The summed E-state index contributed by atoms with van der Waals surface area (Å²) in [7, 11) is 0. The molecule has 0 bridgehead atoms. The van der Waals surface area contributed by atoms with Gasteiger partial charge in [0.1, 0.15) is 4.75 Å². The second-order valence-corrected chi connectivity index (χ2v) is 5.95. The van der Waals surface area contributed by atoms with Gasteiger partial charge in [-0.15, -0.1) is 11.8 Å². The Kier molecular flexibility index (Phi) is 4.62. The zero-order valence-electron chi connectivity index (χ0n) is 10.8. The van der Waals surface area contributed by atoms with E-state index in [2.05, 4.69) is 34.3 Å². The first-order valence-corrected chi connectivity index (χ1v) is 7.58. The summed E-state index contributed by atoms with van der Waals surface area (Å²) in [6.07, 6.45) is 8.79. The SMILES string of the molecule is CSC1(C#N)CCN(CCc2ccncc2)CC1. The molecule has 0 atom stereocenters. The highest BCUT2D eigenvalue weighted by Crippen LogP contribution is 2.33. The van der Waals surface area contributed by atoms with Crippen molar-refractivity contribution < 1.29 is 0 Å². The van der Waals surface area contributed by atoms with Crippen molar-refractivity contribution in [2.45, 2.75) is 24.0 Å². The van der Waals surface area contributed by atoms with Gasteiger partial charge in [0.05, 0.1) is 6.07 Å². The lowest BCUT2D eigenvalue weighted by molar-refractivity contribution is 0.219. The van der Waals surface area contributed by atoms with Crippen LogP contribution in [0.4, 0.5) is 0 Å². The van der Waals surface area contributed by atoms with Gasteiger partial charge in [0.15, 0.2) is 0 Å². The minimum atomic E-state index is -0.132. The number of rotatable bonds is 4. The molecule has 1 aromatic heterocycles. The van der Waals surface area contributed by atoms with E-state index < -0.39 is 0 Å². The van der Waals surface area contributed by atoms with Crippen molar-refractivity contribution in [3.8, 4) is 6.07 Å². The number of likely N-dealkylation sites (tertiary alicyclic amines) is 1. The highest BCUT2D eigenvalue weighted by atomic mass is 32.2. The van der Waals surface area contributed by atoms with Gasteiger partial charge in [-0.3, -0.25) is 4.98 Å². The molecule has 4 heteroatoms. The molecule has 1 aliphatic rings. The van der Waals surface area contributed by atoms with E-state index in [0.717, 1.165) is 38.9 Å². The molecule has 18 heavy (non-hydrogen) atoms. The topological polar surface area (TPSA) is 39.9 Å². The fourth-order valence-electron chi connectivity index (χ4n) is 2.34. The van der Waals surface area contributed by atoms with Gasteiger partial charge in [-0.05, 0) is 43.2 Å². The largest absolute Gasteiger partial charge is 0.303 e. The zero-order valence-corrected chi connectivity index (χ0v) is 11.6. The molecule has 1 aromatic rings. The number of pyridine rings is 1. The zero-order chi connectivity index (χ0) is 12.8. The Labute approximate surface area is 113 Å². The molecule has 0 amide bonds. The Morgan fingerprint density at radius 2 is 2.06 bits per heavy atom. The molecule has 2 rings (SSSR count). The average Bonchev–Trinajstić information content (AvgIpc) is 2.47. The maximum absolute atomic E-state index is 9.24. The summed E-state index contributed by atoms with van der Waals surface area (Å²) < 4.78 is -0.132. The molecule has 0 saturated carbocycles. The van der Waals surface area contributed by atoms with Crippen LogP contribution < -0.4 is 0 Å². The van der Waals surface area contributed by atoms with Gasteiger partial charge in [-0.2, -0.15) is 5.26 Å². The van der Waals surface area contributed by atoms with Crippen molar-refractivity contribution in [1.29, 1.82) is 5.26 Å². The third-order valence-corrected chi connectivity index (χ3v) is 5.01. The van der Waals surface area contributed by atoms with Gasteiger partial charge in [-0.1, -0.05) is 0 Å². The number of nitriles is 1. The van der Waals surface area contributed by atoms with E-state index in [1.165, 1.54) is 5.56 Å². The Hall–Kier alpha value is -1.05. The number of hydrogen-bond acceptors (Lipinski definition) is 4. The molecule has 1 saturated heterocycles. The maximum Gasteiger partial charge on any atom is 0.104 e. The van der Waals surface area contributed by atoms with Crippen LogP contribution in [0, 0.1) is 11.3 Å². The summed E-state index contributed by atoms with van der Waals surface area (Å²) in [6.45, 7) is 3.17. The third kappa shape index (κ3) is 3.24. The van der Waals surface area contributed by atoms with E-state index >= 15 is 0 Å². The average molecular weight is 261 g/mol. The van der Waals surface area contributed by atoms with Crippen LogP contribution in [-0.4, -0.2) is 40.5 Å². The van der Waals surface area contributed by atoms with Crippen LogP contribution in [0.25, 0.3) is 0 Å². The fourth-order valence-corrected chi connectivity index (χ4v) is 3.02. The fraction of sp³-hybridized carbons (Fsp3) is 0.571. The summed E-state index contributed by atoms with van der Waals surface area (Å²) in [5.41, 5.74) is 1.34. The quantitative estimate of drug-likeness (QED) is 0.834. The van der Waals surface area contributed by atoms with Crippen molar-refractivity contribution in [3.63, 3.8) is 0 Å². The molecule has 0 aliphatic carbocycles. The first kappa shape index (κ1) is 13.4. The summed E-state index contributed by atoms with van der Waals surface area (Å²) in [5, 5.41) is 9.24. The van der Waals surface area contributed by atoms with E-state index in [-0.39, 0.29) is 4.75 Å². The minimum Gasteiger partial charge on any atom is -0.303 e. The third-order valence-electron chi connectivity index (χ3n) is 3.72. The van der Waals surface area contributed by atoms with Gasteiger partial charge in [0.25, 0.3) is 0 Å². The lowest BCUT2D eigenvalue weighted by atomic mass is 9.97. The van der Waals surface area contributed by atoms with E-state index in [1.54, 1.807) is 11.8 Å². The Bertz CT molecular complexity index is 405. The van der Waals surface area contributed by atoms with Crippen molar-refractivity contribution in [2.75, 3.05) is 25.9 Å². The number of aromatic nitrogens is 1. The number of hydrogen-bond donors (Lipinski definition) is 0. The first-order valence-electron chi connectivity index (χ1n) is 6.36. The van der Waals surface area contributed by atoms with Gasteiger partial charge < -0.3 is 4.90 Å². The van der Waals surface area contributed by atoms with E-state index in [1.807, 2.05) is 12.4 Å². The molecule has 0 aromatic carbocycles. The summed E-state index contributed by atoms with van der Waals surface area (Å²) in [4.78, 5) is 6.49. The predicted octanol–water partition coefficient (Wildman–Crippen LogP) is 2.35. The molecule has 1 aliphatic heterocycles. The van der Waals surface area contributed by atoms with Crippen LogP contribution in [0.5, 0.6) is 0 Å². The number of nitrogens with zero attached hydrogens (tertiary/aromatic N) is 3. The minimum absolute atomic E-state index is 0.132. The second-order valence-electron chi connectivity index (χ2n) is 4.76. The van der Waals surface area contributed by atoms with Crippen LogP contribution in [-0.2, 0) is 6.42 Å². The molecule has 0 radical (unpaired) electrons. The van der Waals surface area contributed by atoms with Crippen molar-refractivity contribution in [3.05, 3.63) is 30.1 Å². The smallest absolute Gasteiger partial charge is 0.104 e. The summed E-state index contributed by atoms with van der Waals surface area (Å²) in [5.74, 6) is 0. The van der Waals surface area contributed by atoms with Crippen LogP contribution in [0.3, 0.4) is 0 Å². The molecule has 1 fully saturated rings. The van der Waals surface area contributed by atoms with Gasteiger partial charge in [0.2, 0.25) is 0 Å². The van der Waals surface area contributed by atoms with Crippen molar-refractivity contribution >= 4 is 11.8 Å². The van der Waals surface area contributed by atoms with Gasteiger partial charge in [0, 0.05) is 32.0 Å². The highest BCUT2D eigenvalue weighted by Gasteiger charge is 2.33. The molecular formula is C14H19N3S. The van der Waals surface area contributed by atoms with Crippen LogP contribution in [0.1, 0.15) is 18.4 Å². The molecule has 0 spiro atoms. The van der Waals surface area contributed by atoms with Gasteiger partial charge >= 0.3 is 0 Å². The monoisotopic (exact) mass is 261 g/mol. The van der Waals surface area contributed by atoms with E-state index in [0.29, 0.717) is 0 Å². The first-order chi connectivity index (χ1) is 8.78. The molecule has 0 N–H and O–H groups in total.